The van der Waals surface area contributed by atoms with E-state index in [1.807, 2.05) is 45.2 Å². The fraction of sp³-hybridized carbons (Fsp3) is 0.745. The topological polar surface area (TPSA) is 275 Å². The van der Waals surface area contributed by atoms with Gasteiger partial charge in [0.2, 0.25) is 5.95 Å². The van der Waals surface area contributed by atoms with Crippen molar-refractivity contribution in [3.8, 4) is 11.1 Å². The molecule has 1 aromatic carbocycles. The van der Waals surface area contributed by atoms with E-state index in [1.165, 1.54) is 32.9 Å². The third kappa shape index (κ3) is 14.1. The Hall–Kier alpha value is -4.17. The largest absolute Gasteiger partial charge is 0.459 e. The molecule has 0 aliphatic carbocycles. The standard InChI is InChI=1S/C55H86FN7O14/c1-14-42-55(9,69)49(67)40(29-64)45(65)30(2)23-54(8,72-13)50(32(4)46(33(5)51(68)75-42)76-44-24-53(7,71-12)48(66)34(6)74-44)77-43-22-39(21-31(3)73-43)62(10)20-19-38-28-63(61-60-38)41(25-56)47(70-11)36-17-15-35(16-18-36)37-26-58-52(57)59-27-37/h15-18,26-28,30-34,39-44,46-50,64,66-67,69H,14,19-25,29H2,1-13H3,(H2,57,58,59)/t30-,31-,32+,33-,34+,39+,40+,41-,42-,43+,44+,46+,47-,48+,49-,50-,53-,54-,55-/m1/s1. The van der Waals surface area contributed by atoms with Gasteiger partial charge in [-0.1, -0.05) is 50.3 Å². The molecule has 6 N–H and O–H groups in total. The van der Waals surface area contributed by atoms with E-state index in [0.29, 0.717) is 31.5 Å². The zero-order valence-corrected chi connectivity index (χ0v) is 47.2. The Morgan fingerprint density at radius 2 is 1.57 bits per heavy atom. The zero-order valence-electron chi connectivity index (χ0n) is 47.2. The van der Waals surface area contributed by atoms with Crippen LogP contribution in [0.25, 0.3) is 11.1 Å². The molecule has 2 aromatic heterocycles. The number of carbonyl (C=O) groups is 2. The second-order valence-electron chi connectivity index (χ2n) is 22.3. The van der Waals surface area contributed by atoms with Crippen molar-refractivity contribution in [2.45, 2.75) is 191 Å². The van der Waals surface area contributed by atoms with Crippen molar-refractivity contribution in [3.05, 3.63) is 54.1 Å². The van der Waals surface area contributed by atoms with Crippen LogP contribution in [0.5, 0.6) is 0 Å². The first kappa shape index (κ1) is 62.0. The van der Waals surface area contributed by atoms with E-state index in [0.717, 1.165) is 16.7 Å². The summed E-state index contributed by atoms with van der Waals surface area (Å²) in [6.07, 6.45) is -2.89. The average molecular weight is 1090 g/mol. The molecule has 5 heterocycles. The van der Waals surface area contributed by atoms with Gasteiger partial charge in [-0.05, 0) is 79.0 Å². The molecule has 0 unspecified atom stereocenters. The Balaban J connectivity index is 1.25. The first-order chi connectivity index (χ1) is 36.4. The summed E-state index contributed by atoms with van der Waals surface area (Å²) in [5, 5.41) is 54.0. The molecule has 3 fully saturated rings. The van der Waals surface area contributed by atoms with Gasteiger partial charge in [0.25, 0.3) is 0 Å². The fourth-order valence-corrected chi connectivity index (χ4v) is 11.7. The third-order valence-electron chi connectivity index (χ3n) is 16.7. The molecule has 3 aromatic rings. The van der Waals surface area contributed by atoms with Crippen molar-refractivity contribution in [1.29, 1.82) is 0 Å². The highest BCUT2D eigenvalue weighted by atomic mass is 19.1. The third-order valence-corrected chi connectivity index (χ3v) is 16.7. The number of carbonyl (C=O) groups excluding carboxylic acids is 2. The number of hydrogen-bond donors (Lipinski definition) is 5. The van der Waals surface area contributed by atoms with Crippen LogP contribution in [-0.4, -0.2) is 188 Å². The molecule has 0 radical (unpaired) electrons. The van der Waals surface area contributed by atoms with Crippen LogP contribution >= 0.6 is 0 Å². The number of halogens is 1. The number of aliphatic hydroxyl groups is 4. The summed E-state index contributed by atoms with van der Waals surface area (Å²) in [6.45, 7) is 14.4. The number of Topliss-reactive ketones (excluding diaryl/α,β-unsaturated/α-hetero) is 1. The lowest BCUT2D eigenvalue weighted by Crippen LogP contribution is -2.60. The molecular weight excluding hydrogens is 1000 g/mol. The first-order valence-corrected chi connectivity index (χ1v) is 26.9. The number of methoxy groups -OCH3 is 3. The maximum absolute atomic E-state index is 14.9. The van der Waals surface area contributed by atoms with Crippen LogP contribution in [0.2, 0.25) is 0 Å². The van der Waals surface area contributed by atoms with Crippen LogP contribution in [-0.2, 0) is 53.9 Å². The predicted octanol–water partition coefficient (Wildman–Crippen LogP) is 4.58. The minimum atomic E-state index is -2.15. The van der Waals surface area contributed by atoms with E-state index >= 15 is 0 Å². The number of nitrogens with zero attached hydrogens (tertiary/aromatic N) is 6. The summed E-state index contributed by atoms with van der Waals surface area (Å²) in [5.74, 6) is -5.23. The van der Waals surface area contributed by atoms with Gasteiger partial charge in [0.15, 0.2) is 12.6 Å². The molecule has 3 aliphatic heterocycles. The minimum absolute atomic E-state index is 0.0175. The number of aliphatic hydroxyl groups excluding tert-OH is 3. The molecule has 22 heteroatoms. The summed E-state index contributed by atoms with van der Waals surface area (Å²) >= 11 is 0. The lowest BCUT2D eigenvalue weighted by atomic mass is 9.73. The summed E-state index contributed by atoms with van der Waals surface area (Å²) in [6, 6.07) is 6.66. The van der Waals surface area contributed by atoms with Crippen LogP contribution in [0.1, 0.15) is 118 Å². The molecule has 3 saturated heterocycles. The van der Waals surface area contributed by atoms with Gasteiger partial charge in [0.1, 0.15) is 42.4 Å². The van der Waals surface area contributed by atoms with Crippen LogP contribution in [0, 0.1) is 23.7 Å². The average Bonchev–Trinajstić information content (AvgIpc) is 3.90. The number of cyclic esters (lactones) is 1. The lowest BCUT2D eigenvalue weighted by Gasteiger charge is -2.49. The number of benzene rings is 1. The number of anilines is 1. The monoisotopic (exact) mass is 1090 g/mol. The number of nitrogens with two attached hydrogens (primary N) is 1. The van der Waals surface area contributed by atoms with Gasteiger partial charge in [-0.25, -0.2) is 19.0 Å². The molecule has 0 saturated carbocycles. The zero-order chi connectivity index (χ0) is 56.7. The molecular formula is C55H86FN7O14. The summed E-state index contributed by atoms with van der Waals surface area (Å²) in [4.78, 5) is 39.2. The summed E-state index contributed by atoms with van der Waals surface area (Å²) in [7, 11) is 6.54. The number of nitrogen functional groups attached to an aromatic ring is 1. The Labute approximate surface area is 452 Å². The van der Waals surface area contributed by atoms with Crippen molar-refractivity contribution in [2.24, 2.45) is 23.7 Å². The number of ether oxygens (including phenoxy) is 8. The number of hydrogen-bond acceptors (Lipinski definition) is 20. The molecule has 0 spiro atoms. The van der Waals surface area contributed by atoms with Crippen LogP contribution in [0.4, 0.5) is 10.3 Å². The van der Waals surface area contributed by atoms with Gasteiger partial charge < -0.3 is 69.0 Å². The number of esters is 1. The smallest absolute Gasteiger partial charge is 0.311 e. The molecule has 0 amide bonds. The van der Waals surface area contributed by atoms with E-state index in [9.17, 15) is 34.4 Å². The SMILES string of the molecule is CC[C@H]1OC(=O)[C@H](C)[C@@H](O[C@H]2C[C@@](C)(OC)[C@@H](O)[C@H](C)O2)[C@H](C)[C@@H](O[C@H]2C[C@@H](N(C)CCc3cn([C@H](CF)[C@H](OC)c4ccc(-c5cnc(N)nc5)cc4)nn3)C[C@@H](C)O2)[C@](C)(OC)C[C@@H](C)C(=O)[C@H](CO)[C@@H](O)[C@]1(C)O. The number of alkyl halides is 1. The Morgan fingerprint density at radius 3 is 2.17 bits per heavy atom. The Bertz CT molecular complexity index is 2350. The number of likely N-dealkylation sites (N-methyl/N-ethyl adjacent to an activating group) is 1. The van der Waals surface area contributed by atoms with Gasteiger partial charge >= 0.3 is 5.97 Å². The predicted molar refractivity (Wildman–Crippen MR) is 280 cm³/mol. The molecule has 3 aliphatic rings. The van der Waals surface area contributed by atoms with Gasteiger partial charge in [0, 0.05) is 89.2 Å². The molecule has 21 nitrogen and oxygen atoms in total. The lowest BCUT2D eigenvalue weighted by molar-refractivity contribution is -0.309. The van der Waals surface area contributed by atoms with Crippen LogP contribution in [0.3, 0.4) is 0 Å². The van der Waals surface area contributed by atoms with E-state index in [-0.39, 0.29) is 37.4 Å². The Kier molecular flexibility index (Phi) is 21.3. The van der Waals surface area contributed by atoms with E-state index in [4.69, 9.17) is 43.6 Å². The highest BCUT2D eigenvalue weighted by Crippen LogP contribution is 2.42. The van der Waals surface area contributed by atoms with Gasteiger partial charge in [-0.2, -0.15) is 0 Å². The summed E-state index contributed by atoms with van der Waals surface area (Å²) < 4.78 is 67.4. The van der Waals surface area contributed by atoms with E-state index in [1.54, 1.807) is 60.1 Å². The first-order valence-electron chi connectivity index (χ1n) is 26.9. The number of ketones is 1. The number of aromatic nitrogens is 5. The van der Waals surface area contributed by atoms with Crippen molar-refractivity contribution >= 4 is 17.7 Å². The van der Waals surface area contributed by atoms with Crippen molar-refractivity contribution in [3.63, 3.8) is 0 Å². The number of rotatable bonds is 18. The Morgan fingerprint density at radius 1 is 0.909 bits per heavy atom. The molecule has 77 heavy (non-hydrogen) atoms. The molecule has 19 atom stereocenters. The molecule has 6 rings (SSSR count). The van der Waals surface area contributed by atoms with Crippen LogP contribution < -0.4 is 5.73 Å². The molecule has 432 valence electrons. The normalized spacial score (nSPS) is 36.8. The van der Waals surface area contributed by atoms with Crippen molar-refractivity contribution in [2.75, 3.05) is 53.9 Å². The fourth-order valence-electron chi connectivity index (χ4n) is 11.7. The van der Waals surface area contributed by atoms with E-state index < -0.39 is 127 Å². The quantitative estimate of drug-likeness (QED) is 0.109. The van der Waals surface area contributed by atoms with Crippen LogP contribution in [0.15, 0.2) is 42.9 Å². The summed E-state index contributed by atoms with van der Waals surface area (Å²) in [5.41, 5.74) is 4.17. The van der Waals surface area contributed by atoms with Crippen molar-refractivity contribution < 1.29 is 72.3 Å². The second kappa shape index (κ2) is 26.4. The molecule has 0 bridgehead atoms. The van der Waals surface area contributed by atoms with Gasteiger partial charge in [-0.3, -0.25) is 9.59 Å². The van der Waals surface area contributed by atoms with Crippen molar-refractivity contribution in [1.82, 2.24) is 29.9 Å². The van der Waals surface area contributed by atoms with Gasteiger partial charge in [0.05, 0.1) is 65.9 Å². The minimum Gasteiger partial charge on any atom is -0.459 e. The highest BCUT2D eigenvalue weighted by molar-refractivity contribution is 5.84. The van der Waals surface area contributed by atoms with Gasteiger partial charge in [-0.15, -0.1) is 5.10 Å². The van der Waals surface area contributed by atoms with E-state index in [2.05, 4.69) is 25.2 Å². The second-order valence-corrected chi connectivity index (χ2v) is 22.3. The highest BCUT2D eigenvalue weighted by Gasteiger charge is 2.54. The maximum Gasteiger partial charge on any atom is 0.311 e. The maximum atomic E-state index is 14.9.